The van der Waals surface area contributed by atoms with E-state index in [1.54, 1.807) is 0 Å². The molecule has 1 aliphatic rings. The van der Waals surface area contributed by atoms with Crippen molar-refractivity contribution in [3.63, 3.8) is 0 Å². The molecule has 0 aromatic carbocycles. The lowest BCUT2D eigenvalue weighted by Gasteiger charge is -2.21. The molecule has 0 radical (unpaired) electrons. The summed E-state index contributed by atoms with van der Waals surface area (Å²) in [6, 6.07) is 3.21. The van der Waals surface area contributed by atoms with Gasteiger partial charge in [-0.3, -0.25) is 14.7 Å². The minimum Gasteiger partial charge on any atom is -0.383 e. The van der Waals surface area contributed by atoms with Gasteiger partial charge in [-0.1, -0.05) is 0 Å². The smallest absolute Gasteiger partial charge is 0.383 e. The Kier molecular flexibility index (Phi) is 5.73. The number of alkyl halides is 6. The number of nitrogen functional groups attached to an aromatic ring is 1. The summed E-state index contributed by atoms with van der Waals surface area (Å²) < 4.78 is 83.3. The number of rotatable bonds is 4. The van der Waals surface area contributed by atoms with Crippen molar-refractivity contribution in [2.24, 2.45) is 0 Å². The van der Waals surface area contributed by atoms with Gasteiger partial charge in [-0.15, -0.1) is 13.2 Å². The second kappa shape index (κ2) is 8.69. The van der Waals surface area contributed by atoms with Crippen LogP contribution >= 0.6 is 0 Å². The lowest BCUT2D eigenvalue weighted by Crippen LogP contribution is -2.31. The first-order chi connectivity index (χ1) is 17.4. The summed E-state index contributed by atoms with van der Waals surface area (Å²) in [5, 5.41) is 3.77. The number of carbonyl (C=O) groups is 1. The van der Waals surface area contributed by atoms with E-state index in [2.05, 4.69) is 20.1 Å². The van der Waals surface area contributed by atoms with Gasteiger partial charge in [0, 0.05) is 17.1 Å². The van der Waals surface area contributed by atoms with Crippen LogP contribution in [0.25, 0.3) is 10.9 Å². The number of anilines is 2. The molecule has 0 bridgehead atoms. The van der Waals surface area contributed by atoms with Crippen LogP contribution in [0.1, 0.15) is 32.9 Å². The molecular weight excluding hydrogens is 508 g/mol. The molecule has 0 saturated carbocycles. The number of ether oxygens (including phenoxy) is 1. The summed E-state index contributed by atoms with van der Waals surface area (Å²) in [6.45, 7) is -0.00671. The molecular formula is C22H15F6N7O2. The van der Waals surface area contributed by atoms with Crippen LogP contribution in [0, 0.1) is 0 Å². The molecule has 0 aliphatic carbocycles. The summed E-state index contributed by atoms with van der Waals surface area (Å²) in [4.78, 5) is 26.5. The van der Waals surface area contributed by atoms with Gasteiger partial charge in [-0.2, -0.15) is 23.0 Å². The van der Waals surface area contributed by atoms with Gasteiger partial charge < -0.3 is 10.5 Å². The summed E-state index contributed by atoms with van der Waals surface area (Å²) in [5.74, 6) is -0.578. The first-order valence-electron chi connectivity index (χ1n) is 10.5. The number of hydrogen-bond acceptors (Lipinski definition) is 7. The molecule has 2 N–H and O–H groups in total. The van der Waals surface area contributed by atoms with Gasteiger partial charge in [0.2, 0.25) is 0 Å². The summed E-state index contributed by atoms with van der Waals surface area (Å²) in [5.41, 5.74) is 6.26. The van der Waals surface area contributed by atoms with Crippen LogP contribution in [-0.4, -0.2) is 30.6 Å². The third-order valence-corrected chi connectivity index (χ3v) is 5.69. The number of carbonyl (C=O) groups excluding carboxylic acids is 1. The fourth-order valence-electron chi connectivity index (χ4n) is 3.85. The lowest BCUT2D eigenvalue weighted by molar-refractivity contribution is -0.212. The fourth-order valence-corrected chi connectivity index (χ4v) is 3.85. The van der Waals surface area contributed by atoms with E-state index in [0.717, 1.165) is 23.2 Å². The first kappa shape index (κ1) is 24.4. The molecule has 9 nitrogen and oxygen atoms in total. The number of nitrogens with zero attached hydrogens (tertiary/aromatic N) is 6. The normalized spacial score (nSPS) is 13.7. The fraction of sp³-hybridized carbons (Fsp3) is 0.227. The number of pyridine rings is 3. The van der Waals surface area contributed by atoms with Crippen LogP contribution in [0.5, 0.6) is 0 Å². The van der Waals surface area contributed by atoms with E-state index in [9.17, 15) is 31.1 Å². The molecule has 0 unspecified atom stereocenters. The van der Waals surface area contributed by atoms with E-state index in [1.165, 1.54) is 12.3 Å². The second-order valence-electron chi connectivity index (χ2n) is 8.07. The molecule has 5 rings (SSSR count). The zero-order valence-electron chi connectivity index (χ0n) is 18.5. The van der Waals surface area contributed by atoms with Crippen molar-refractivity contribution in [3.05, 3.63) is 71.1 Å². The Balaban J connectivity index is 1.55. The van der Waals surface area contributed by atoms with Crippen LogP contribution in [0.3, 0.4) is 0 Å². The van der Waals surface area contributed by atoms with Gasteiger partial charge in [0.15, 0.2) is 0 Å². The van der Waals surface area contributed by atoms with E-state index >= 15 is 0 Å². The highest BCUT2D eigenvalue weighted by Crippen LogP contribution is 2.32. The van der Waals surface area contributed by atoms with Crippen molar-refractivity contribution in [1.82, 2.24) is 24.7 Å². The summed E-state index contributed by atoms with van der Waals surface area (Å²) in [7, 11) is 0. The van der Waals surface area contributed by atoms with Gasteiger partial charge in [-0.25, -0.2) is 9.97 Å². The van der Waals surface area contributed by atoms with Crippen molar-refractivity contribution in [2.75, 3.05) is 10.6 Å². The van der Waals surface area contributed by atoms with Crippen molar-refractivity contribution in [2.45, 2.75) is 32.2 Å². The van der Waals surface area contributed by atoms with Crippen molar-refractivity contribution in [1.29, 1.82) is 0 Å². The highest BCUT2D eigenvalue weighted by atomic mass is 19.4. The highest BCUT2D eigenvalue weighted by molar-refractivity contribution is 6.06. The van der Waals surface area contributed by atoms with Crippen LogP contribution in [-0.2, 0) is 37.0 Å². The molecule has 0 atom stereocenters. The standard InChI is InChI=1S/C22H15F6N7O2/c23-21(24,25)11-1-2-12(30-4-11)7-34(13-5-32-35(8-13)22(26,27)28)20(36)17-3-14-15-9-37-10-16(15)19(29)33-18(14)6-31-17/h1-6,8H,7,9-10H2,(H2,29,33). The van der Waals surface area contributed by atoms with Crippen LogP contribution in [0.15, 0.2) is 43.0 Å². The zero-order valence-corrected chi connectivity index (χ0v) is 18.5. The Hall–Kier alpha value is -4.27. The average Bonchev–Trinajstić information content (AvgIpc) is 3.52. The minimum absolute atomic E-state index is 0.00868. The maximum Gasteiger partial charge on any atom is 0.504 e. The van der Waals surface area contributed by atoms with E-state index in [0.29, 0.717) is 34.4 Å². The Morgan fingerprint density at radius 3 is 2.46 bits per heavy atom. The third kappa shape index (κ3) is 4.64. The Morgan fingerprint density at radius 1 is 1.05 bits per heavy atom. The van der Waals surface area contributed by atoms with Crippen LogP contribution in [0.4, 0.5) is 37.8 Å². The van der Waals surface area contributed by atoms with Gasteiger partial charge >= 0.3 is 12.5 Å². The van der Waals surface area contributed by atoms with Gasteiger partial charge in [0.1, 0.15) is 11.5 Å². The predicted molar refractivity (Wildman–Crippen MR) is 116 cm³/mol. The molecule has 0 fully saturated rings. The summed E-state index contributed by atoms with van der Waals surface area (Å²) >= 11 is 0. The number of amides is 1. The Labute approximate surface area is 203 Å². The van der Waals surface area contributed by atoms with Crippen molar-refractivity contribution < 1.29 is 35.9 Å². The van der Waals surface area contributed by atoms with E-state index in [1.807, 2.05) is 0 Å². The molecule has 4 aromatic heterocycles. The quantitative estimate of drug-likeness (QED) is 0.400. The second-order valence-corrected chi connectivity index (χ2v) is 8.07. The number of aromatic nitrogens is 5. The lowest BCUT2D eigenvalue weighted by atomic mass is 10.1. The van der Waals surface area contributed by atoms with Gasteiger partial charge in [-0.05, 0) is 23.8 Å². The number of nitrogens with two attached hydrogens (primary N) is 1. The molecule has 0 saturated heterocycles. The molecule has 0 spiro atoms. The average molecular weight is 523 g/mol. The Bertz CT molecular complexity index is 1500. The SMILES string of the molecule is Nc1nc2cnc(C(=O)N(Cc3ccc(C(F)(F)F)cn3)c3cnn(C(F)(F)F)c3)cc2c2c1COC2. The van der Waals surface area contributed by atoms with E-state index < -0.39 is 30.5 Å². The predicted octanol–water partition coefficient (Wildman–Crippen LogP) is 4.18. The summed E-state index contributed by atoms with van der Waals surface area (Å²) in [6.07, 6.45) is -6.23. The van der Waals surface area contributed by atoms with Crippen LogP contribution in [0.2, 0.25) is 0 Å². The van der Waals surface area contributed by atoms with Gasteiger partial charge in [0.25, 0.3) is 5.91 Å². The molecule has 1 amide bonds. The molecule has 192 valence electrons. The van der Waals surface area contributed by atoms with Crippen molar-refractivity contribution >= 4 is 28.3 Å². The van der Waals surface area contributed by atoms with Crippen molar-refractivity contribution in [3.8, 4) is 0 Å². The largest absolute Gasteiger partial charge is 0.504 e. The van der Waals surface area contributed by atoms with E-state index in [-0.39, 0.29) is 40.8 Å². The molecule has 4 aromatic rings. The van der Waals surface area contributed by atoms with Gasteiger partial charge in [0.05, 0.1) is 60.8 Å². The number of hydrogen-bond donors (Lipinski definition) is 1. The highest BCUT2D eigenvalue weighted by Gasteiger charge is 2.34. The van der Waals surface area contributed by atoms with E-state index in [4.69, 9.17) is 10.5 Å². The third-order valence-electron chi connectivity index (χ3n) is 5.69. The minimum atomic E-state index is -4.85. The monoisotopic (exact) mass is 523 g/mol. The molecule has 1 aliphatic heterocycles. The van der Waals surface area contributed by atoms with Crippen LogP contribution < -0.4 is 10.6 Å². The molecule has 15 heteroatoms. The zero-order chi connectivity index (χ0) is 26.5. The molecule has 5 heterocycles. The molecule has 37 heavy (non-hydrogen) atoms. The topological polar surface area (TPSA) is 112 Å². The first-order valence-corrected chi connectivity index (χ1v) is 10.5. The maximum absolute atomic E-state index is 13.5. The Morgan fingerprint density at radius 2 is 1.81 bits per heavy atom. The number of halogens is 6. The maximum atomic E-state index is 13.5. The number of fused-ring (bicyclic) bond motifs is 3.